The van der Waals surface area contributed by atoms with Gasteiger partial charge in [-0.3, -0.25) is 9.79 Å². The number of aliphatic imine (C=N–C) groups is 1. The molecule has 7 nitrogen and oxygen atoms in total. The van der Waals surface area contributed by atoms with Crippen molar-refractivity contribution in [3.8, 4) is 5.19 Å². The van der Waals surface area contributed by atoms with E-state index in [0.717, 1.165) is 75.2 Å². The number of carbonyl (C=O) groups excluding carboxylic acids is 1. The van der Waals surface area contributed by atoms with Crippen LogP contribution in [0.25, 0.3) is 0 Å². The van der Waals surface area contributed by atoms with Crippen LogP contribution in [0.15, 0.2) is 23.2 Å². The van der Waals surface area contributed by atoms with Crippen LogP contribution in [0.5, 0.6) is 5.19 Å². The molecule has 0 unspecified atom stereocenters. The van der Waals surface area contributed by atoms with Gasteiger partial charge in [-0.15, -0.1) is 0 Å². The molecule has 2 aliphatic rings. The van der Waals surface area contributed by atoms with E-state index in [4.69, 9.17) is 10.5 Å². The predicted octanol–water partition coefficient (Wildman–Crippen LogP) is 4.49. The molecule has 1 aromatic heterocycles. The molecule has 1 amide bonds. The van der Waals surface area contributed by atoms with Gasteiger partial charge in [0.1, 0.15) is 0 Å². The van der Waals surface area contributed by atoms with Gasteiger partial charge in [0, 0.05) is 54.9 Å². The Morgan fingerprint density at radius 3 is 2.76 bits per heavy atom. The Morgan fingerprint density at radius 1 is 1.27 bits per heavy atom. The number of thiazole rings is 1. The van der Waals surface area contributed by atoms with Gasteiger partial charge < -0.3 is 20.7 Å². The largest absolute Gasteiger partial charge is 0.460 e. The van der Waals surface area contributed by atoms with Gasteiger partial charge in [-0.05, 0) is 63.1 Å². The van der Waals surface area contributed by atoms with Crippen LogP contribution in [0.4, 0.5) is 18.9 Å². The van der Waals surface area contributed by atoms with Crippen molar-refractivity contribution in [2.24, 2.45) is 10.9 Å². The van der Waals surface area contributed by atoms with Crippen LogP contribution in [0.1, 0.15) is 58.6 Å². The number of anilines is 1. The third-order valence-electron chi connectivity index (χ3n) is 7.12. The summed E-state index contributed by atoms with van der Waals surface area (Å²) in [5.74, 6) is 0.518. The number of carbonyl (C=O) groups is 1. The third kappa shape index (κ3) is 7.67. The fraction of sp³-hybridized carbons (Fsp3) is 0.577. The topological polar surface area (TPSA) is 92.8 Å². The summed E-state index contributed by atoms with van der Waals surface area (Å²) < 4.78 is 42.0. The molecule has 0 atom stereocenters. The maximum absolute atomic E-state index is 12.9. The van der Waals surface area contributed by atoms with Gasteiger partial charge in [0.15, 0.2) is 6.61 Å². The van der Waals surface area contributed by atoms with E-state index in [-0.39, 0.29) is 17.1 Å². The first-order valence-corrected chi connectivity index (χ1v) is 13.6. The summed E-state index contributed by atoms with van der Waals surface area (Å²) in [7, 11) is 1.66. The van der Waals surface area contributed by atoms with Crippen LogP contribution in [-0.4, -0.2) is 67.5 Å². The maximum atomic E-state index is 12.9. The fourth-order valence-electron chi connectivity index (χ4n) is 5.09. The molecule has 4 rings (SSSR count). The quantitative estimate of drug-likeness (QED) is 0.382. The number of amides is 1. The van der Waals surface area contributed by atoms with Crippen LogP contribution in [0.2, 0.25) is 0 Å². The highest BCUT2D eigenvalue weighted by Crippen LogP contribution is 2.31. The van der Waals surface area contributed by atoms with Crippen LogP contribution >= 0.6 is 11.3 Å². The Bertz CT molecular complexity index is 1070. The van der Waals surface area contributed by atoms with Crippen molar-refractivity contribution in [3.05, 3.63) is 39.9 Å². The lowest BCUT2D eigenvalue weighted by atomic mass is 9.84. The number of nitrogens with two attached hydrogens (primary N) is 1. The predicted molar refractivity (Wildman–Crippen MR) is 140 cm³/mol. The molecule has 2 aromatic rings. The minimum Gasteiger partial charge on any atom is -0.460 e. The number of aromatic nitrogens is 1. The maximum Gasteiger partial charge on any atom is 0.422 e. The van der Waals surface area contributed by atoms with Crippen LogP contribution in [-0.2, 0) is 12.8 Å². The number of benzene rings is 1. The fourth-order valence-corrected chi connectivity index (χ4v) is 6.04. The Balaban J connectivity index is 1.19. The molecule has 0 bridgehead atoms. The van der Waals surface area contributed by atoms with Crippen molar-refractivity contribution >= 4 is 29.1 Å². The minimum absolute atomic E-state index is 0.108. The molecule has 0 spiro atoms. The van der Waals surface area contributed by atoms with E-state index >= 15 is 0 Å². The summed E-state index contributed by atoms with van der Waals surface area (Å²) >= 11 is 1.24. The zero-order valence-corrected chi connectivity index (χ0v) is 21.8. The van der Waals surface area contributed by atoms with Gasteiger partial charge in [-0.1, -0.05) is 17.4 Å². The molecule has 1 saturated carbocycles. The summed E-state index contributed by atoms with van der Waals surface area (Å²) in [6, 6.07) is 5.49. The number of nitrogens with one attached hydrogen (secondary N) is 1. The first-order chi connectivity index (χ1) is 17.7. The van der Waals surface area contributed by atoms with Gasteiger partial charge in [-0.2, -0.15) is 13.2 Å². The molecule has 0 radical (unpaired) electrons. The highest BCUT2D eigenvalue weighted by molar-refractivity contribution is 7.13. The lowest BCUT2D eigenvalue weighted by Crippen LogP contribution is -2.38. The first-order valence-electron chi connectivity index (χ1n) is 12.7. The number of ether oxygens (including phenoxy) is 1. The summed E-state index contributed by atoms with van der Waals surface area (Å²) in [4.78, 5) is 24.7. The summed E-state index contributed by atoms with van der Waals surface area (Å²) in [6.45, 7) is 1.43. The Kier molecular flexibility index (Phi) is 9.07. The summed E-state index contributed by atoms with van der Waals surface area (Å²) in [5, 5.41) is 3.30. The van der Waals surface area contributed by atoms with Crippen LogP contribution in [0, 0.1) is 5.92 Å². The molecule has 11 heteroatoms. The monoisotopic (exact) mass is 537 g/mol. The first kappa shape index (κ1) is 27.4. The third-order valence-corrected chi connectivity index (χ3v) is 8.19. The molecule has 0 saturated heterocycles. The molecule has 1 aliphatic heterocycles. The Hall–Kier alpha value is -2.66. The van der Waals surface area contributed by atoms with E-state index in [2.05, 4.69) is 20.2 Å². The number of hydrogen-bond acceptors (Lipinski definition) is 7. The molecule has 1 fully saturated rings. The summed E-state index contributed by atoms with van der Waals surface area (Å²) in [6.07, 6.45) is 3.96. The van der Waals surface area contributed by atoms with Crippen molar-refractivity contribution < 1.29 is 22.7 Å². The number of fused-ring (bicyclic) bond motifs is 1. The molecular weight excluding hydrogens is 503 g/mol. The number of nitrogens with zero attached hydrogens (tertiary/aromatic N) is 3. The summed E-state index contributed by atoms with van der Waals surface area (Å²) in [5.41, 5.74) is 8.65. The van der Waals surface area contributed by atoms with Gasteiger partial charge >= 0.3 is 6.18 Å². The molecule has 37 heavy (non-hydrogen) atoms. The standard InChI is InChI=1S/C26H34F3N5O2S/c1-31-15-20-19(3-2-4-21(20)30)24(35)32-18-7-5-17(6-8-18)9-12-34-13-10-22-23(11-14-34)37-25(33-22)36-16-26(27,28)29/h2-4,15,17-18H,5-14,16,30H2,1H3,(H,32,35). The van der Waals surface area contributed by atoms with Crippen LogP contribution in [0.3, 0.4) is 0 Å². The van der Waals surface area contributed by atoms with E-state index in [9.17, 15) is 18.0 Å². The number of nitrogen functional groups attached to an aromatic ring is 1. The second-order valence-electron chi connectivity index (χ2n) is 9.77. The molecule has 1 aromatic carbocycles. The van der Waals surface area contributed by atoms with Gasteiger partial charge in [0.2, 0.25) is 0 Å². The second-order valence-corrected chi connectivity index (χ2v) is 10.8. The van der Waals surface area contributed by atoms with Gasteiger partial charge in [-0.25, -0.2) is 4.98 Å². The van der Waals surface area contributed by atoms with E-state index in [1.54, 1.807) is 31.5 Å². The minimum atomic E-state index is -4.35. The zero-order valence-electron chi connectivity index (χ0n) is 21.0. The lowest BCUT2D eigenvalue weighted by Gasteiger charge is -2.31. The molecule has 2 heterocycles. The van der Waals surface area contributed by atoms with Gasteiger partial charge in [0.05, 0.1) is 11.3 Å². The van der Waals surface area contributed by atoms with Crippen molar-refractivity contribution in [2.45, 2.75) is 57.2 Å². The van der Waals surface area contributed by atoms with E-state index in [1.807, 2.05) is 0 Å². The molecule has 3 N–H and O–H groups in total. The second kappa shape index (κ2) is 12.3. The van der Waals surface area contributed by atoms with Crippen molar-refractivity contribution in [3.63, 3.8) is 0 Å². The van der Waals surface area contributed by atoms with E-state index < -0.39 is 12.8 Å². The normalized spacial score (nSPS) is 21.0. The Labute approximate surface area is 219 Å². The highest BCUT2D eigenvalue weighted by Gasteiger charge is 2.30. The molecule has 202 valence electrons. The molecular formula is C26H34F3N5O2S. The number of rotatable bonds is 8. The van der Waals surface area contributed by atoms with Gasteiger partial charge in [0.25, 0.3) is 11.1 Å². The average molecular weight is 538 g/mol. The SMILES string of the molecule is CN=Cc1c(N)cccc1C(=O)NC1CCC(CCN2CCc3nc(OCC(F)(F)F)sc3CC2)CC1. The molecule has 1 aliphatic carbocycles. The zero-order chi connectivity index (χ0) is 26.4. The highest BCUT2D eigenvalue weighted by atomic mass is 32.1. The van der Waals surface area contributed by atoms with Crippen molar-refractivity contribution in [1.29, 1.82) is 0 Å². The smallest absolute Gasteiger partial charge is 0.422 e. The van der Waals surface area contributed by atoms with Crippen molar-refractivity contribution in [2.75, 3.05) is 39.0 Å². The number of halogens is 3. The number of alkyl halides is 3. The lowest BCUT2D eigenvalue weighted by molar-refractivity contribution is -0.153. The number of hydrogen-bond donors (Lipinski definition) is 2. The van der Waals surface area contributed by atoms with E-state index in [1.165, 1.54) is 11.3 Å². The average Bonchev–Trinajstić information content (AvgIpc) is 3.16. The van der Waals surface area contributed by atoms with E-state index in [0.29, 0.717) is 22.7 Å². The Morgan fingerprint density at radius 2 is 2.03 bits per heavy atom. The van der Waals surface area contributed by atoms with Crippen molar-refractivity contribution in [1.82, 2.24) is 15.2 Å². The van der Waals surface area contributed by atoms with Crippen LogP contribution < -0.4 is 15.8 Å².